The van der Waals surface area contributed by atoms with Crippen molar-refractivity contribution in [2.75, 3.05) is 27.6 Å². The highest BCUT2D eigenvalue weighted by Gasteiger charge is 2.79. The minimum Gasteiger partial charge on any atom is -0.497 e. The summed E-state index contributed by atoms with van der Waals surface area (Å²) in [6, 6.07) is 1.80. The third kappa shape index (κ3) is 2.67. The van der Waals surface area contributed by atoms with Crippen molar-refractivity contribution in [1.29, 1.82) is 0 Å². The van der Waals surface area contributed by atoms with Crippen LogP contribution in [0, 0.1) is 5.92 Å². The van der Waals surface area contributed by atoms with Crippen LogP contribution in [0.15, 0.2) is 29.2 Å². The minimum atomic E-state index is -1.60. The SMILES string of the molecule is CC=C(C)C(=O)O[C@H]1[C@@](C)(O)[C@@H](C)[C@H]2O[C@@]13CC(OC)=C(OC)C(=O)[C@@]31COc3c4c(cc2c31)OCO4. The van der Waals surface area contributed by atoms with Crippen LogP contribution in [0.5, 0.6) is 17.2 Å². The van der Waals surface area contributed by atoms with Gasteiger partial charge in [0, 0.05) is 23.5 Å². The molecule has 0 amide bonds. The van der Waals surface area contributed by atoms with Gasteiger partial charge in [-0.1, -0.05) is 13.0 Å². The van der Waals surface area contributed by atoms with E-state index in [2.05, 4.69) is 0 Å². The Bertz CT molecular complexity index is 1290. The lowest BCUT2D eigenvalue weighted by Crippen LogP contribution is -2.78. The van der Waals surface area contributed by atoms with Crippen LogP contribution in [0.25, 0.3) is 0 Å². The van der Waals surface area contributed by atoms with E-state index in [-0.39, 0.29) is 31.3 Å². The highest BCUT2D eigenvalue weighted by atomic mass is 16.7. The van der Waals surface area contributed by atoms with Crippen LogP contribution in [0.3, 0.4) is 0 Å². The Morgan fingerprint density at radius 2 is 1.95 bits per heavy atom. The molecule has 1 aromatic rings. The maximum absolute atomic E-state index is 14.5. The number of ketones is 1. The summed E-state index contributed by atoms with van der Waals surface area (Å²) in [6.07, 6.45) is -0.291. The van der Waals surface area contributed by atoms with Crippen molar-refractivity contribution in [2.45, 2.75) is 62.9 Å². The number of fused-ring (bicyclic) bond motifs is 4. The molecule has 198 valence electrons. The molecule has 5 aliphatic rings. The summed E-state index contributed by atoms with van der Waals surface area (Å²) in [7, 11) is 2.84. The molecule has 6 atom stereocenters. The molecule has 1 aliphatic carbocycles. The van der Waals surface area contributed by atoms with Gasteiger partial charge in [-0.25, -0.2) is 4.79 Å². The van der Waals surface area contributed by atoms with E-state index >= 15 is 0 Å². The summed E-state index contributed by atoms with van der Waals surface area (Å²) in [5, 5.41) is 12.1. The van der Waals surface area contributed by atoms with E-state index in [1.807, 2.05) is 6.92 Å². The number of rotatable bonds is 4. The maximum atomic E-state index is 14.5. The number of benzene rings is 1. The first-order chi connectivity index (χ1) is 17.6. The fourth-order valence-corrected chi connectivity index (χ4v) is 6.68. The van der Waals surface area contributed by atoms with Crippen molar-refractivity contribution in [3.8, 4) is 17.2 Å². The summed E-state index contributed by atoms with van der Waals surface area (Å²) in [5.74, 6) is -0.0349. The number of carbonyl (C=O) groups is 2. The number of Topliss-reactive ketones (excluding diaryl/α,β-unsaturated/α-hetero) is 1. The Balaban J connectivity index is 1.69. The molecule has 1 aromatic carbocycles. The number of aliphatic hydroxyl groups is 1. The highest BCUT2D eigenvalue weighted by molar-refractivity contribution is 6.07. The standard InChI is InChI=1S/C27H30O10/c1-7-12(2)23(29)36-24-25(4,30)13(3)18-14-8-15-19(35-11-34-15)21-17(14)26(10-33-21)22(28)20(32-6)16(31-5)9-27(24,26)37-18/h7-8,13,18,24,30H,9-11H2,1-6H3/t13-,18+,24-,25-,26-,27-/m0/s1. The normalized spacial score (nSPS) is 37.0. The number of ether oxygens (including phenoxy) is 7. The predicted octanol–water partition coefficient (Wildman–Crippen LogP) is 2.61. The molecule has 4 heterocycles. The van der Waals surface area contributed by atoms with Gasteiger partial charge in [0.25, 0.3) is 0 Å². The van der Waals surface area contributed by atoms with Crippen LogP contribution < -0.4 is 14.2 Å². The fraction of sp³-hybridized carbons (Fsp3) is 0.556. The summed E-state index contributed by atoms with van der Waals surface area (Å²) in [5.41, 5.74) is -3.05. The quantitative estimate of drug-likeness (QED) is 0.474. The van der Waals surface area contributed by atoms with Gasteiger partial charge in [0.2, 0.25) is 24.1 Å². The Morgan fingerprint density at radius 1 is 1.19 bits per heavy atom. The Morgan fingerprint density at radius 3 is 2.62 bits per heavy atom. The first kappa shape index (κ1) is 24.1. The molecule has 4 aliphatic heterocycles. The van der Waals surface area contributed by atoms with Gasteiger partial charge in [-0.2, -0.15) is 0 Å². The van der Waals surface area contributed by atoms with Gasteiger partial charge in [-0.15, -0.1) is 0 Å². The molecule has 0 aromatic heterocycles. The summed E-state index contributed by atoms with van der Waals surface area (Å²) in [4.78, 5) is 27.6. The van der Waals surface area contributed by atoms with E-state index in [9.17, 15) is 14.7 Å². The zero-order chi connectivity index (χ0) is 26.5. The topological polar surface area (TPSA) is 119 Å². The van der Waals surface area contributed by atoms with Crippen molar-refractivity contribution in [1.82, 2.24) is 0 Å². The second kappa shape index (κ2) is 7.64. The number of allylic oxidation sites excluding steroid dienone is 2. The van der Waals surface area contributed by atoms with Crippen LogP contribution in [-0.2, 0) is 34.0 Å². The third-order valence-electron chi connectivity index (χ3n) is 8.91. The lowest BCUT2D eigenvalue weighted by molar-refractivity contribution is -0.317. The van der Waals surface area contributed by atoms with E-state index in [0.29, 0.717) is 33.9 Å². The van der Waals surface area contributed by atoms with Crippen LogP contribution in [0.4, 0.5) is 0 Å². The van der Waals surface area contributed by atoms with Crippen molar-refractivity contribution in [3.63, 3.8) is 0 Å². The summed E-state index contributed by atoms with van der Waals surface area (Å²) < 4.78 is 41.8. The van der Waals surface area contributed by atoms with Crippen molar-refractivity contribution < 1.29 is 47.9 Å². The zero-order valence-electron chi connectivity index (χ0n) is 21.6. The van der Waals surface area contributed by atoms with Crippen molar-refractivity contribution >= 4 is 11.8 Å². The first-order valence-electron chi connectivity index (χ1n) is 12.3. The molecule has 37 heavy (non-hydrogen) atoms. The Kier molecular flexibility index (Phi) is 4.98. The molecule has 0 unspecified atom stereocenters. The lowest BCUT2D eigenvalue weighted by Gasteiger charge is -2.64. The number of carbonyl (C=O) groups excluding carboxylic acids is 2. The molecular formula is C27H30O10. The average Bonchev–Trinajstić information content (AvgIpc) is 3.52. The lowest BCUT2D eigenvalue weighted by atomic mass is 9.50. The highest BCUT2D eigenvalue weighted by Crippen LogP contribution is 2.69. The molecule has 1 saturated heterocycles. The molecule has 10 heteroatoms. The molecule has 0 radical (unpaired) electrons. The average molecular weight is 515 g/mol. The van der Waals surface area contributed by atoms with E-state index < -0.39 is 46.5 Å². The van der Waals surface area contributed by atoms with Crippen molar-refractivity contribution in [2.24, 2.45) is 5.92 Å². The smallest absolute Gasteiger partial charge is 0.333 e. The monoisotopic (exact) mass is 514 g/mol. The van der Waals surface area contributed by atoms with E-state index in [0.717, 1.165) is 0 Å². The van der Waals surface area contributed by atoms with Crippen LogP contribution in [0.2, 0.25) is 0 Å². The molecule has 10 nitrogen and oxygen atoms in total. The largest absolute Gasteiger partial charge is 0.497 e. The van der Waals surface area contributed by atoms with Crippen LogP contribution in [-0.4, -0.2) is 61.8 Å². The minimum absolute atomic E-state index is 0.00129. The van der Waals surface area contributed by atoms with E-state index in [1.54, 1.807) is 32.9 Å². The molecule has 1 N–H and O–H groups in total. The number of methoxy groups -OCH3 is 2. The van der Waals surface area contributed by atoms with Gasteiger partial charge >= 0.3 is 5.97 Å². The second-order valence-corrected chi connectivity index (χ2v) is 10.5. The van der Waals surface area contributed by atoms with Gasteiger partial charge < -0.3 is 38.3 Å². The van der Waals surface area contributed by atoms with E-state index in [1.165, 1.54) is 14.2 Å². The summed E-state index contributed by atoms with van der Waals surface area (Å²) in [6.45, 7) is 6.68. The Hall–Kier alpha value is -3.24. The second-order valence-electron chi connectivity index (χ2n) is 10.5. The predicted molar refractivity (Wildman–Crippen MR) is 126 cm³/mol. The van der Waals surface area contributed by atoms with E-state index in [4.69, 9.17) is 33.2 Å². The van der Waals surface area contributed by atoms with Gasteiger partial charge in [0.15, 0.2) is 17.6 Å². The zero-order valence-corrected chi connectivity index (χ0v) is 21.6. The van der Waals surface area contributed by atoms with Crippen molar-refractivity contribution in [3.05, 3.63) is 40.4 Å². The van der Waals surface area contributed by atoms with Crippen LogP contribution >= 0.6 is 0 Å². The third-order valence-corrected chi connectivity index (χ3v) is 8.91. The molecule has 2 spiro atoms. The fourth-order valence-electron chi connectivity index (χ4n) is 6.68. The molecule has 1 fully saturated rings. The molecule has 6 rings (SSSR count). The Labute approximate surface area is 214 Å². The number of hydrogen-bond donors (Lipinski definition) is 1. The molecular weight excluding hydrogens is 484 g/mol. The van der Waals surface area contributed by atoms with Crippen LogP contribution in [0.1, 0.15) is 51.3 Å². The molecule has 2 bridgehead atoms. The molecule has 0 saturated carbocycles. The number of esters is 1. The summed E-state index contributed by atoms with van der Waals surface area (Å²) >= 11 is 0. The van der Waals surface area contributed by atoms with Gasteiger partial charge in [-0.3, -0.25) is 4.79 Å². The van der Waals surface area contributed by atoms with Gasteiger partial charge in [0.05, 0.1) is 20.3 Å². The number of hydrogen-bond acceptors (Lipinski definition) is 10. The maximum Gasteiger partial charge on any atom is 0.333 e. The first-order valence-corrected chi connectivity index (χ1v) is 12.3. The van der Waals surface area contributed by atoms with Gasteiger partial charge in [0.1, 0.15) is 29.0 Å². The van der Waals surface area contributed by atoms with Gasteiger partial charge in [-0.05, 0) is 32.4 Å².